The van der Waals surface area contributed by atoms with E-state index in [0.29, 0.717) is 13.1 Å². The fraction of sp³-hybridized carbons (Fsp3) is 0.333. The molecule has 142 valence electrons. The Kier molecular flexibility index (Phi) is 6.19. The van der Waals surface area contributed by atoms with Gasteiger partial charge in [-0.3, -0.25) is 14.5 Å². The number of carbonyl (C=O) groups excluding carboxylic acids is 2. The molecule has 2 amide bonds. The molecule has 1 aliphatic rings. The first kappa shape index (κ1) is 19.0. The number of halogens is 1. The van der Waals surface area contributed by atoms with Gasteiger partial charge in [-0.2, -0.15) is 0 Å². The van der Waals surface area contributed by atoms with Crippen molar-refractivity contribution in [2.45, 2.75) is 13.3 Å². The molecule has 0 bridgehead atoms. The van der Waals surface area contributed by atoms with Crippen molar-refractivity contribution in [3.63, 3.8) is 0 Å². The van der Waals surface area contributed by atoms with Gasteiger partial charge in [0.25, 0.3) is 5.91 Å². The van der Waals surface area contributed by atoms with E-state index in [1.807, 2.05) is 24.3 Å². The number of rotatable bonds is 5. The molecule has 2 aromatic carbocycles. The van der Waals surface area contributed by atoms with Crippen LogP contribution in [0.1, 0.15) is 22.8 Å². The second-order valence-corrected chi connectivity index (χ2v) is 6.74. The molecule has 1 aliphatic heterocycles. The third-order valence-corrected chi connectivity index (χ3v) is 4.75. The summed E-state index contributed by atoms with van der Waals surface area (Å²) in [6.45, 7) is 5.17. The molecule has 1 saturated heterocycles. The lowest BCUT2D eigenvalue weighted by molar-refractivity contribution is -0.114. The van der Waals surface area contributed by atoms with Gasteiger partial charge in [0.15, 0.2) is 0 Å². The van der Waals surface area contributed by atoms with Gasteiger partial charge in [0.1, 0.15) is 5.82 Å². The third kappa shape index (κ3) is 5.14. The summed E-state index contributed by atoms with van der Waals surface area (Å²) in [5, 5.41) is 2.76. The number of benzene rings is 2. The molecule has 0 radical (unpaired) electrons. The van der Waals surface area contributed by atoms with E-state index < -0.39 is 5.82 Å². The van der Waals surface area contributed by atoms with Crippen LogP contribution in [0.3, 0.4) is 0 Å². The zero-order valence-electron chi connectivity index (χ0n) is 15.5. The van der Waals surface area contributed by atoms with Crippen LogP contribution in [0.5, 0.6) is 0 Å². The predicted molar refractivity (Wildman–Crippen MR) is 103 cm³/mol. The van der Waals surface area contributed by atoms with Gasteiger partial charge in [0, 0.05) is 45.3 Å². The summed E-state index contributed by atoms with van der Waals surface area (Å²) < 4.78 is 13.8. The lowest BCUT2D eigenvalue weighted by Gasteiger charge is -2.34. The number of hydrogen-bond acceptors (Lipinski definition) is 3. The van der Waals surface area contributed by atoms with Gasteiger partial charge in [-0.05, 0) is 36.2 Å². The molecule has 0 saturated carbocycles. The van der Waals surface area contributed by atoms with Gasteiger partial charge in [-0.15, -0.1) is 0 Å². The van der Waals surface area contributed by atoms with Crippen molar-refractivity contribution in [1.29, 1.82) is 0 Å². The van der Waals surface area contributed by atoms with E-state index in [9.17, 15) is 14.0 Å². The number of nitrogens with one attached hydrogen (secondary N) is 1. The molecule has 0 atom stereocenters. The minimum atomic E-state index is -0.465. The molecular formula is C21H24FN3O2. The Balaban J connectivity index is 1.46. The van der Waals surface area contributed by atoms with Crippen LogP contribution in [0.2, 0.25) is 0 Å². The number of hydrogen-bond donors (Lipinski definition) is 1. The van der Waals surface area contributed by atoms with E-state index in [0.717, 1.165) is 31.7 Å². The average Bonchev–Trinajstić information content (AvgIpc) is 2.67. The van der Waals surface area contributed by atoms with Crippen molar-refractivity contribution in [3.05, 3.63) is 65.5 Å². The van der Waals surface area contributed by atoms with E-state index in [1.165, 1.54) is 24.6 Å². The number of carbonyl (C=O) groups is 2. The van der Waals surface area contributed by atoms with Crippen LogP contribution in [-0.4, -0.2) is 54.3 Å². The van der Waals surface area contributed by atoms with Gasteiger partial charge in [0.2, 0.25) is 5.91 Å². The molecule has 5 nitrogen and oxygen atoms in total. The molecule has 1 heterocycles. The van der Waals surface area contributed by atoms with Gasteiger partial charge in [-0.25, -0.2) is 4.39 Å². The van der Waals surface area contributed by atoms with Crippen molar-refractivity contribution in [3.8, 4) is 0 Å². The van der Waals surface area contributed by atoms with E-state index in [-0.39, 0.29) is 17.4 Å². The van der Waals surface area contributed by atoms with Gasteiger partial charge in [-0.1, -0.05) is 24.3 Å². The molecule has 3 rings (SSSR count). The second kappa shape index (κ2) is 8.77. The number of piperazine rings is 1. The summed E-state index contributed by atoms with van der Waals surface area (Å²) in [6, 6.07) is 14.0. The minimum Gasteiger partial charge on any atom is -0.336 e. The fourth-order valence-corrected chi connectivity index (χ4v) is 3.22. The van der Waals surface area contributed by atoms with Crippen molar-refractivity contribution in [1.82, 2.24) is 9.80 Å². The molecule has 1 fully saturated rings. The van der Waals surface area contributed by atoms with Crippen molar-refractivity contribution in [2.75, 3.05) is 38.0 Å². The summed E-state index contributed by atoms with van der Waals surface area (Å²) in [5.74, 6) is -0.778. The highest BCUT2D eigenvalue weighted by Gasteiger charge is 2.23. The molecule has 6 heteroatoms. The Bertz CT molecular complexity index is 799. The SMILES string of the molecule is CC(=O)Nc1ccc(CCN2CCN(C(=O)c3ccccc3F)CC2)cc1. The predicted octanol–water partition coefficient (Wildman–Crippen LogP) is 2.78. The van der Waals surface area contributed by atoms with Crippen LogP contribution in [0.25, 0.3) is 0 Å². The highest BCUT2D eigenvalue weighted by molar-refractivity contribution is 5.94. The van der Waals surface area contributed by atoms with Gasteiger partial charge >= 0.3 is 0 Å². The lowest BCUT2D eigenvalue weighted by Crippen LogP contribution is -2.49. The highest BCUT2D eigenvalue weighted by Crippen LogP contribution is 2.14. The van der Waals surface area contributed by atoms with Crippen LogP contribution in [0.4, 0.5) is 10.1 Å². The smallest absolute Gasteiger partial charge is 0.256 e. The maximum Gasteiger partial charge on any atom is 0.256 e. The largest absolute Gasteiger partial charge is 0.336 e. The molecular weight excluding hydrogens is 345 g/mol. The zero-order chi connectivity index (χ0) is 19.2. The second-order valence-electron chi connectivity index (χ2n) is 6.74. The summed E-state index contributed by atoms with van der Waals surface area (Å²) in [7, 11) is 0. The molecule has 0 aromatic heterocycles. The maximum atomic E-state index is 13.8. The van der Waals surface area contributed by atoms with E-state index in [1.54, 1.807) is 17.0 Å². The minimum absolute atomic E-state index is 0.0782. The molecule has 0 spiro atoms. The fourth-order valence-electron chi connectivity index (χ4n) is 3.22. The molecule has 0 unspecified atom stereocenters. The van der Waals surface area contributed by atoms with E-state index >= 15 is 0 Å². The summed E-state index contributed by atoms with van der Waals surface area (Å²) >= 11 is 0. The first-order valence-electron chi connectivity index (χ1n) is 9.15. The zero-order valence-corrected chi connectivity index (χ0v) is 15.5. The Morgan fingerprint density at radius 2 is 1.67 bits per heavy atom. The Morgan fingerprint density at radius 1 is 1.00 bits per heavy atom. The lowest BCUT2D eigenvalue weighted by atomic mass is 10.1. The number of amides is 2. The van der Waals surface area contributed by atoms with Crippen LogP contribution in [0, 0.1) is 5.82 Å². The summed E-state index contributed by atoms with van der Waals surface area (Å²) in [6.07, 6.45) is 0.904. The quantitative estimate of drug-likeness (QED) is 0.882. The van der Waals surface area contributed by atoms with Crippen LogP contribution >= 0.6 is 0 Å². The Morgan fingerprint density at radius 3 is 2.30 bits per heavy atom. The maximum absolute atomic E-state index is 13.8. The standard InChI is InChI=1S/C21H24FN3O2/c1-16(26)23-18-8-6-17(7-9-18)10-11-24-12-14-25(15-13-24)21(27)19-4-2-3-5-20(19)22/h2-9H,10-15H2,1H3,(H,23,26). The molecule has 27 heavy (non-hydrogen) atoms. The Hall–Kier alpha value is -2.73. The molecule has 1 N–H and O–H groups in total. The molecule has 0 aliphatic carbocycles. The first-order chi connectivity index (χ1) is 13.0. The van der Waals surface area contributed by atoms with Crippen molar-refractivity contribution >= 4 is 17.5 Å². The van der Waals surface area contributed by atoms with Gasteiger partial charge < -0.3 is 10.2 Å². The Labute approximate surface area is 158 Å². The van der Waals surface area contributed by atoms with E-state index in [4.69, 9.17) is 0 Å². The van der Waals surface area contributed by atoms with Crippen molar-refractivity contribution in [2.24, 2.45) is 0 Å². The van der Waals surface area contributed by atoms with Crippen LogP contribution in [0.15, 0.2) is 48.5 Å². The average molecular weight is 369 g/mol. The summed E-state index contributed by atoms with van der Waals surface area (Å²) in [4.78, 5) is 27.5. The van der Waals surface area contributed by atoms with Crippen LogP contribution < -0.4 is 5.32 Å². The van der Waals surface area contributed by atoms with Crippen LogP contribution in [-0.2, 0) is 11.2 Å². The van der Waals surface area contributed by atoms with Crippen molar-refractivity contribution < 1.29 is 14.0 Å². The molecule has 2 aromatic rings. The van der Waals surface area contributed by atoms with Gasteiger partial charge in [0.05, 0.1) is 5.56 Å². The van der Waals surface area contributed by atoms with E-state index in [2.05, 4.69) is 10.2 Å². The topological polar surface area (TPSA) is 52.7 Å². The number of anilines is 1. The summed E-state index contributed by atoms with van der Waals surface area (Å²) in [5.41, 5.74) is 2.14. The highest BCUT2D eigenvalue weighted by atomic mass is 19.1. The normalized spacial score (nSPS) is 14.8. The monoisotopic (exact) mass is 369 g/mol. The first-order valence-corrected chi connectivity index (χ1v) is 9.15. The third-order valence-electron chi connectivity index (χ3n) is 4.75. The number of nitrogens with zero attached hydrogens (tertiary/aromatic N) is 2.